The van der Waals surface area contributed by atoms with Crippen molar-refractivity contribution in [3.63, 3.8) is 0 Å². The van der Waals surface area contributed by atoms with Crippen LogP contribution >= 0.6 is 0 Å². The number of alkyl halides is 2. The predicted octanol–water partition coefficient (Wildman–Crippen LogP) is 3.87. The SMILES string of the molecule is C=C1C(C)=C[C-]=C(c2ccccc2)N1CC(F)F.[Y]. The zero-order valence-electron chi connectivity index (χ0n) is 10.7. The third-order valence-electron chi connectivity index (χ3n) is 2.84. The van der Waals surface area contributed by atoms with Crippen molar-refractivity contribution >= 4 is 5.70 Å². The van der Waals surface area contributed by atoms with Gasteiger partial charge in [-0.15, -0.1) is 17.7 Å². The fourth-order valence-corrected chi connectivity index (χ4v) is 1.86. The molecule has 0 unspecified atom stereocenters. The Hall–Kier alpha value is -0.796. The number of benzene rings is 1. The van der Waals surface area contributed by atoms with E-state index >= 15 is 0 Å². The number of hydrogen-bond acceptors (Lipinski definition) is 1. The maximum absolute atomic E-state index is 12.7. The Morgan fingerprint density at radius 3 is 2.47 bits per heavy atom. The standard InChI is InChI=1S/C15H14F2N.Y/c1-11-8-9-14(13-6-4-3-5-7-13)18(12(11)2)10-15(16)17;/h3-8,15H,2,10H2,1H3;/q-1;. The van der Waals surface area contributed by atoms with Crippen LogP contribution in [0.1, 0.15) is 12.5 Å². The molecule has 97 valence electrons. The molecule has 0 aliphatic carbocycles. The normalized spacial score (nSPS) is 14.9. The Morgan fingerprint density at radius 1 is 1.26 bits per heavy atom. The Labute approximate surface area is 137 Å². The van der Waals surface area contributed by atoms with E-state index in [1.54, 1.807) is 6.08 Å². The van der Waals surface area contributed by atoms with Gasteiger partial charge in [-0.2, -0.15) is 12.2 Å². The molecule has 1 nitrogen and oxygen atoms in total. The number of allylic oxidation sites excluding steroid dienone is 3. The van der Waals surface area contributed by atoms with Crippen molar-refractivity contribution in [3.05, 3.63) is 65.9 Å². The predicted molar refractivity (Wildman–Crippen MR) is 68.7 cm³/mol. The smallest absolute Gasteiger partial charge is 0.256 e. The maximum atomic E-state index is 12.7. The second-order valence-corrected chi connectivity index (χ2v) is 4.13. The average molecular weight is 335 g/mol. The fraction of sp³-hybridized carbons (Fsp3) is 0.200. The molecule has 1 aromatic rings. The van der Waals surface area contributed by atoms with E-state index in [0.717, 1.165) is 11.1 Å². The molecule has 1 heterocycles. The van der Waals surface area contributed by atoms with E-state index in [0.29, 0.717) is 11.4 Å². The van der Waals surface area contributed by atoms with Crippen LogP contribution in [0.25, 0.3) is 5.70 Å². The van der Waals surface area contributed by atoms with Crippen LogP contribution in [-0.4, -0.2) is 17.9 Å². The van der Waals surface area contributed by atoms with E-state index in [9.17, 15) is 8.78 Å². The largest absolute Gasteiger partial charge is 0.370 e. The molecule has 2 rings (SSSR count). The Balaban J connectivity index is 0.00000180. The number of rotatable bonds is 3. The van der Waals surface area contributed by atoms with E-state index in [4.69, 9.17) is 0 Å². The van der Waals surface area contributed by atoms with Crippen LogP contribution < -0.4 is 0 Å². The molecular formula is C15H14F2NY-. The van der Waals surface area contributed by atoms with Gasteiger partial charge in [0, 0.05) is 32.7 Å². The summed E-state index contributed by atoms with van der Waals surface area (Å²) in [5.74, 6) is 0. The molecule has 0 spiro atoms. The zero-order valence-corrected chi connectivity index (χ0v) is 13.6. The number of halogens is 2. The fourth-order valence-electron chi connectivity index (χ4n) is 1.86. The summed E-state index contributed by atoms with van der Waals surface area (Å²) in [5, 5.41) is 0. The molecule has 4 heteroatoms. The zero-order chi connectivity index (χ0) is 13.1. The summed E-state index contributed by atoms with van der Waals surface area (Å²) in [5.41, 5.74) is 2.97. The van der Waals surface area contributed by atoms with Crippen LogP contribution in [0.3, 0.4) is 0 Å². The molecule has 1 radical (unpaired) electrons. The quantitative estimate of drug-likeness (QED) is 0.758. The van der Waals surface area contributed by atoms with Gasteiger partial charge < -0.3 is 4.90 Å². The van der Waals surface area contributed by atoms with Crippen molar-refractivity contribution < 1.29 is 41.5 Å². The third kappa shape index (κ3) is 3.83. The minimum absolute atomic E-state index is 0. The molecular weight excluding hydrogens is 321 g/mol. The molecule has 0 saturated carbocycles. The van der Waals surface area contributed by atoms with Gasteiger partial charge in [0.15, 0.2) is 0 Å². The average Bonchev–Trinajstić information content (AvgIpc) is 2.36. The van der Waals surface area contributed by atoms with Crippen LogP contribution in [0.15, 0.2) is 54.3 Å². The summed E-state index contributed by atoms with van der Waals surface area (Å²) >= 11 is 0. The van der Waals surface area contributed by atoms with Crippen molar-refractivity contribution in [3.8, 4) is 0 Å². The first-order chi connectivity index (χ1) is 8.59. The maximum Gasteiger partial charge on any atom is 0.256 e. The van der Waals surface area contributed by atoms with Crippen molar-refractivity contribution in [2.45, 2.75) is 13.3 Å². The summed E-state index contributed by atoms with van der Waals surface area (Å²) < 4.78 is 25.3. The molecule has 1 aromatic carbocycles. The van der Waals surface area contributed by atoms with Gasteiger partial charge in [-0.25, -0.2) is 8.78 Å². The Morgan fingerprint density at radius 2 is 1.89 bits per heavy atom. The summed E-state index contributed by atoms with van der Waals surface area (Å²) in [6.07, 6.45) is 2.43. The van der Waals surface area contributed by atoms with Gasteiger partial charge in [-0.05, 0) is 5.70 Å². The molecule has 0 saturated heterocycles. The van der Waals surface area contributed by atoms with Crippen molar-refractivity contribution in [1.82, 2.24) is 4.90 Å². The van der Waals surface area contributed by atoms with Crippen LogP contribution in [-0.2, 0) is 32.7 Å². The third-order valence-corrected chi connectivity index (χ3v) is 2.84. The van der Waals surface area contributed by atoms with Gasteiger partial charge in [0.1, 0.15) is 0 Å². The first kappa shape index (κ1) is 16.3. The van der Waals surface area contributed by atoms with Gasteiger partial charge in [-0.3, -0.25) is 0 Å². The minimum Gasteiger partial charge on any atom is -0.370 e. The molecule has 0 aromatic heterocycles. The van der Waals surface area contributed by atoms with E-state index in [-0.39, 0.29) is 39.3 Å². The molecule has 0 N–H and O–H groups in total. The van der Waals surface area contributed by atoms with E-state index in [2.05, 4.69) is 12.7 Å². The van der Waals surface area contributed by atoms with Gasteiger partial charge in [-0.1, -0.05) is 43.0 Å². The number of hydrogen-bond donors (Lipinski definition) is 0. The summed E-state index contributed by atoms with van der Waals surface area (Å²) in [4.78, 5) is 1.52. The number of nitrogens with zero attached hydrogens (tertiary/aromatic N) is 1. The molecule has 19 heavy (non-hydrogen) atoms. The molecule has 0 bridgehead atoms. The van der Waals surface area contributed by atoms with Crippen LogP contribution in [0.2, 0.25) is 0 Å². The van der Waals surface area contributed by atoms with Crippen LogP contribution in [0.4, 0.5) is 8.78 Å². The van der Waals surface area contributed by atoms with Crippen molar-refractivity contribution in [2.24, 2.45) is 0 Å². The van der Waals surface area contributed by atoms with E-state index < -0.39 is 6.43 Å². The van der Waals surface area contributed by atoms with Crippen LogP contribution in [0.5, 0.6) is 0 Å². The first-order valence-corrected chi connectivity index (χ1v) is 5.70. The molecule has 1 aliphatic rings. The Bertz CT molecular complexity index is 506. The Kier molecular flexibility index (Phi) is 6.09. The van der Waals surface area contributed by atoms with E-state index in [1.165, 1.54) is 4.90 Å². The van der Waals surface area contributed by atoms with Crippen molar-refractivity contribution in [2.75, 3.05) is 6.54 Å². The summed E-state index contributed by atoms with van der Waals surface area (Å²) in [7, 11) is 0. The monoisotopic (exact) mass is 335 g/mol. The molecule has 1 aliphatic heterocycles. The minimum atomic E-state index is -2.41. The first-order valence-electron chi connectivity index (χ1n) is 5.70. The van der Waals surface area contributed by atoms with Gasteiger partial charge in [0.2, 0.25) is 0 Å². The molecule has 0 amide bonds. The molecule has 0 fully saturated rings. The van der Waals surface area contributed by atoms with E-state index in [1.807, 2.05) is 37.3 Å². The van der Waals surface area contributed by atoms with Crippen LogP contribution in [0, 0.1) is 6.08 Å². The van der Waals surface area contributed by atoms with Gasteiger partial charge in [0.25, 0.3) is 6.43 Å². The van der Waals surface area contributed by atoms with Gasteiger partial charge in [0.05, 0.1) is 6.54 Å². The van der Waals surface area contributed by atoms with Gasteiger partial charge >= 0.3 is 0 Å². The summed E-state index contributed by atoms with van der Waals surface area (Å²) in [6, 6.07) is 9.39. The molecule has 0 atom stereocenters. The second-order valence-electron chi connectivity index (χ2n) is 4.13. The topological polar surface area (TPSA) is 3.24 Å². The summed E-state index contributed by atoms with van der Waals surface area (Å²) in [6.45, 7) is 5.35. The second kappa shape index (κ2) is 7.11. The van der Waals surface area contributed by atoms with Crippen molar-refractivity contribution in [1.29, 1.82) is 0 Å².